The van der Waals surface area contributed by atoms with Crippen LogP contribution >= 0.6 is 15.9 Å². The van der Waals surface area contributed by atoms with Crippen molar-refractivity contribution >= 4 is 33.8 Å². The average Bonchev–Trinajstić information content (AvgIpc) is 2.46. The van der Waals surface area contributed by atoms with Crippen molar-refractivity contribution in [1.29, 1.82) is 0 Å². The van der Waals surface area contributed by atoms with Crippen molar-refractivity contribution in [3.8, 4) is 5.75 Å². The van der Waals surface area contributed by atoms with Gasteiger partial charge in [0, 0.05) is 11.0 Å². The fourth-order valence-electron chi connectivity index (χ4n) is 1.38. The number of carbonyl (C=O) groups excluding carboxylic acids is 3. The molecule has 0 radical (unpaired) electrons. The number of imide groups is 1. The largest absolute Gasteiger partial charge is 0.482 e. The van der Waals surface area contributed by atoms with Crippen molar-refractivity contribution in [2.24, 2.45) is 0 Å². The fourth-order valence-corrected chi connectivity index (χ4v) is 1.64. The second-order valence-electron chi connectivity index (χ2n) is 4.22. The summed E-state index contributed by atoms with van der Waals surface area (Å²) in [5, 5.41) is 4.45. The van der Waals surface area contributed by atoms with Crippen LogP contribution in [0.15, 0.2) is 28.7 Å². The maximum absolute atomic E-state index is 11.6. The van der Waals surface area contributed by atoms with E-state index in [4.69, 9.17) is 9.47 Å². The molecule has 0 fully saturated rings. The van der Waals surface area contributed by atoms with Crippen molar-refractivity contribution < 1.29 is 23.9 Å². The first kappa shape index (κ1) is 18.0. The smallest absolute Gasteiger partial charge is 0.344 e. The highest BCUT2D eigenvalue weighted by atomic mass is 79.9. The van der Waals surface area contributed by atoms with Gasteiger partial charge in [-0.1, -0.05) is 15.9 Å². The lowest BCUT2D eigenvalue weighted by atomic mass is 10.3. The van der Waals surface area contributed by atoms with Gasteiger partial charge in [0.25, 0.3) is 5.91 Å². The Balaban J connectivity index is 2.35. The number of carbonyl (C=O) groups is 3. The van der Waals surface area contributed by atoms with Gasteiger partial charge in [0.15, 0.2) is 12.7 Å². The molecule has 7 nitrogen and oxygen atoms in total. The maximum Gasteiger partial charge on any atom is 0.344 e. The first-order valence-corrected chi connectivity index (χ1v) is 7.38. The van der Waals surface area contributed by atoms with Crippen LogP contribution in [0, 0.1) is 0 Å². The molecular formula is C14H17BrN2O5. The zero-order valence-electron chi connectivity index (χ0n) is 12.2. The summed E-state index contributed by atoms with van der Waals surface area (Å²) in [6.07, 6.45) is -1.09. The van der Waals surface area contributed by atoms with Gasteiger partial charge in [-0.15, -0.1) is 0 Å². The van der Waals surface area contributed by atoms with E-state index in [1.807, 2.05) is 0 Å². The number of halogens is 1. The van der Waals surface area contributed by atoms with E-state index in [0.29, 0.717) is 12.3 Å². The lowest BCUT2D eigenvalue weighted by Gasteiger charge is -2.13. The minimum atomic E-state index is -1.09. The van der Waals surface area contributed by atoms with Gasteiger partial charge >= 0.3 is 12.0 Å². The molecular weight excluding hydrogens is 356 g/mol. The fraction of sp³-hybridized carbons (Fsp3) is 0.357. The summed E-state index contributed by atoms with van der Waals surface area (Å²) in [7, 11) is 0. The molecule has 0 saturated heterocycles. The Bertz CT molecular complexity index is 533. The van der Waals surface area contributed by atoms with Crippen LogP contribution in [-0.2, 0) is 14.3 Å². The zero-order valence-corrected chi connectivity index (χ0v) is 13.8. The van der Waals surface area contributed by atoms with Crippen LogP contribution in [0.25, 0.3) is 0 Å². The molecule has 0 spiro atoms. The molecule has 0 bridgehead atoms. The van der Waals surface area contributed by atoms with Crippen LogP contribution in [0.1, 0.15) is 13.8 Å². The first-order valence-electron chi connectivity index (χ1n) is 6.59. The van der Waals surface area contributed by atoms with Crippen LogP contribution in [0.3, 0.4) is 0 Å². The number of urea groups is 1. The Hall–Kier alpha value is -2.09. The quantitative estimate of drug-likeness (QED) is 0.739. The van der Waals surface area contributed by atoms with E-state index in [2.05, 4.69) is 26.6 Å². The number of nitrogens with one attached hydrogen (secondary N) is 2. The number of amides is 3. The SMILES string of the molecule is CCNC(=O)NC(=O)[C@H](C)OC(=O)COc1ccc(Br)cc1. The summed E-state index contributed by atoms with van der Waals surface area (Å²) < 4.78 is 11.0. The Kier molecular flexibility index (Phi) is 7.38. The molecule has 1 aromatic carbocycles. The highest BCUT2D eigenvalue weighted by molar-refractivity contribution is 9.10. The van der Waals surface area contributed by atoms with Crippen LogP contribution in [0.4, 0.5) is 4.79 Å². The number of rotatable bonds is 6. The maximum atomic E-state index is 11.6. The predicted octanol–water partition coefficient (Wildman–Crippen LogP) is 1.61. The van der Waals surface area contributed by atoms with Crippen molar-refractivity contribution in [2.45, 2.75) is 20.0 Å². The molecule has 3 amide bonds. The van der Waals surface area contributed by atoms with Crippen LogP contribution in [0.5, 0.6) is 5.75 Å². The molecule has 2 N–H and O–H groups in total. The normalized spacial score (nSPS) is 11.2. The van der Waals surface area contributed by atoms with E-state index in [1.54, 1.807) is 31.2 Å². The molecule has 0 saturated carbocycles. The van der Waals surface area contributed by atoms with Crippen molar-refractivity contribution in [3.05, 3.63) is 28.7 Å². The van der Waals surface area contributed by atoms with E-state index in [-0.39, 0.29) is 6.61 Å². The zero-order chi connectivity index (χ0) is 16.5. The molecule has 8 heteroatoms. The highest BCUT2D eigenvalue weighted by Crippen LogP contribution is 2.15. The Labute approximate surface area is 136 Å². The van der Waals surface area contributed by atoms with Gasteiger partial charge in [-0.2, -0.15) is 0 Å². The summed E-state index contributed by atoms with van der Waals surface area (Å²) in [4.78, 5) is 34.3. The average molecular weight is 373 g/mol. The van der Waals surface area contributed by atoms with E-state index in [1.165, 1.54) is 6.92 Å². The first-order chi connectivity index (χ1) is 10.4. The molecule has 0 aromatic heterocycles. The van der Waals surface area contributed by atoms with Gasteiger partial charge in [-0.3, -0.25) is 10.1 Å². The minimum Gasteiger partial charge on any atom is -0.482 e. The van der Waals surface area contributed by atoms with Crippen LogP contribution in [-0.4, -0.2) is 37.2 Å². The highest BCUT2D eigenvalue weighted by Gasteiger charge is 2.19. The topological polar surface area (TPSA) is 93.7 Å². The molecule has 0 unspecified atom stereocenters. The Morgan fingerprint density at radius 1 is 1.23 bits per heavy atom. The van der Waals surface area contributed by atoms with Gasteiger partial charge in [-0.25, -0.2) is 9.59 Å². The standard InChI is InChI=1S/C14H17BrN2O5/c1-3-16-14(20)17-13(19)9(2)22-12(18)8-21-11-6-4-10(15)5-7-11/h4-7,9H,3,8H2,1-2H3,(H2,16,17,19,20)/t9-/m0/s1. The van der Waals surface area contributed by atoms with Gasteiger partial charge in [0.1, 0.15) is 5.75 Å². The molecule has 1 atom stereocenters. The number of benzene rings is 1. The van der Waals surface area contributed by atoms with Crippen molar-refractivity contribution in [2.75, 3.05) is 13.2 Å². The minimum absolute atomic E-state index is 0.333. The number of esters is 1. The summed E-state index contributed by atoms with van der Waals surface area (Å²) in [5.74, 6) is -0.913. The second-order valence-corrected chi connectivity index (χ2v) is 5.14. The summed E-state index contributed by atoms with van der Waals surface area (Å²) in [6, 6.07) is 6.26. The third-order valence-electron chi connectivity index (χ3n) is 2.42. The van der Waals surface area contributed by atoms with Crippen molar-refractivity contribution in [3.63, 3.8) is 0 Å². The molecule has 1 rings (SSSR count). The third kappa shape index (κ3) is 6.57. The monoisotopic (exact) mass is 372 g/mol. The summed E-state index contributed by atoms with van der Waals surface area (Å²) in [6.45, 7) is 3.13. The molecule has 0 aliphatic rings. The van der Waals surface area contributed by atoms with E-state index in [0.717, 1.165) is 4.47 Å². The van der Waals surface area contributed by atoms with Crippen LogP contribution in [0.2, 0.25) is 0 Å². The molecule has 120 valence electrons. The van der Waals surface area contributed by atoms with Crippen molar-refractivity contribution in [1.82, 2.24) is 10.6 Å². The number of hydrogen-bond donors (Lipinski definition) is 2. The van der Waals surface area contributed by atoms with Gasteiger partial charge in [0.05, 0.1) is 0 Å². The molecule has 0 heterocycles. The summed E-state index contributed by atoms with van der Waals surface area (Å²) >= 11 is 3.28. The lowest BCUT2D eigenvalue weighted by molar-refractivity contribution is -0.156. The van der Waals surface area contributed by atoms with Gasteiger partial charge in [-0.05, 0) is 38.1 Å². The van der Waals surface area contributed by atoms with Crippen LogP contribution < -0.4 is 15.4 Å². The van der Waals surface area contributed by atoms with Gasteiger partial charge < -0.3 is 14.8 Å². The molecule has 0 aliphatic carbocycles. The summed E-state index contributed by atoms with van der Waals surface area (Å²) in [5.41, 5.74) is 0. The van der Waals surface area contributed by atoms with E-state index in [9.17, 15) is 14.4 Å². The third-order valence-corrected chi connectivity index (χ3v) is 2.95. The van der Waals surface area contributed by atoms with Gasteiger partial charge in [0.2, 0.25) is 0 Å². The predicted molar refractivity (Wildman–Crippen MR) is 82.4 cm³/mol. The number of ether oxygens (including phenoxy) is 2. The number of hydrogen-bond acceptors (Lipinski definition) is 5. The second kappa shape index (κ2) is 9.04. The molecule has 1 aromatic rings. The lowest BCUT2D eigenvalue weighted by Crippen LogP contribution is -2.44. The van der Waals surface area contributed by atoms with E-state index >= 15 is 0 Å². The molecule has 0 aliphatic heterocycles. The van der Waals surface area contributed by atoms with E-state index < -0.39 is 24.0 Å². The Morgan fingerprint density at radius 3 is 2.45 bits per heavy atom. The Morgan fingerprint density at radius 2 is 1.86 bits per heavy atom. The molecule has 22 heavy (non-hydrogen) atoms.